The van der Waals surface area contributed by atoms with Crippen molar-refractivity contribution in [1.82, 2.24) is 0 Å². The zero-order valence-corrected chi connectivity index (χ0v) is 28.1. The first-order valence-corrected chi connectivity index (χ1v) is 17.0. The molecular weight excluding hydrogens is 589 g/mol. The maximum absolute atomic E-state index is 3.36. The molecule has 0 atom stereocenters. The molecule has 0 nitrogen and oxygen atoms in total. The van der Waals surface area contributed by atoms with Gasteiger partial charge in [-0.15, -0.1) is 0 Å². The average Bonchev–Trinajstić information content (AvgIpc) is 3.39. The third-order valence-corrected chi connectivity index (χ3v) is 10.2. The lowest BCUT2D eigenvalue weighted by Crippen LogP contribution is -2.14. The first-order chi connectivity index (χ1) is 24.0. The van der Waals surface area contributed by atoms with Crippen LogP contribution in [0.25, 0.3) is 76.8 Å². The molecule has 0 saturated carbocycles. The standard InChI is InChI=1S/C45H32.C4H6/c1-45(2)41-21-10-9-16-35(41)36-25-24-32(28-42(36)45)31-14-11-15-33(27-31)43-37-17-5-7-19-39(37)44(40-20-8-6-18-38(40)43)34-23-22-29-12-3-4-13-30(29)26-34;1-3-4-2/h3-28H,1-2H3;3-4H,1-2H2. The van der Waals surface area contributed by atoms with Crippen molar-refractivity contribution >= 4 is 32.3 Å². The van der Waals surface area contributed by atoms with E-state index >= 15 is 0 Å². The summed E-state index contributed by atoms with van der Waals surface area (Å²) in [5.41, 5.74) is 13.1. The quantitative estimate of drug-likeness (QED) is 0.135. The van der Waals surface area contributed by atoms with E-state index < -0.39 is 0 Å². The second kappa shape index (κ2) is 12.2. The predicted octanol–water partition coefficient (Wildman–Crippen LogP) is 13.8. The van der Waals surface area contributed by atoms with Gasteiger partial charge in [0.05, 0.1) is 0 Å². The average molecular weight is 627 g/mol. The fourth-order valence-corrected chi connectivity index (χ4v) is 7.83. The molecular formula is C49H38. The zero-order valence-electron chi connectivity index (χ0n) is 28.1. The minimum atomic E-state index is -0.0233. The van der Waals surface area contributed by atoms with Gasteiger partial charge in [0.15, 0.2) is 0 Å². The number of allylic oxidation sites excluding steroid dienone is 2. The highest BCUT2D eigenvalue weighted by Gasteiger charge is 2.35. The van der Waals surface area contributed by atoms with Crippen LogP contribution in [0.3, 0.4) is 0 Å². The van der Waals surface area contributed by atoms with Crippen LogP contribution in [0.15, 0.2) is 183 Å². The molecule has 0 fully saturated rings. The molecule has 8 aromatic carbocycles. The van der Waals surface area contributed by atoms with Crippen LogP contribution in [-0.2, 0) is 5.41 Å². The smallest absolute Gasteiger partial charge is 0.0159 e. The monoisotopic (exact) mass is 626 g/mol. The van der Waals surface area contributed by atoms with Gasteiger partial charge in [0.1, 0.15) is 0 Å². The maximum Gasteiger partial charge on any atom is 0.0159 e. The fraction of sp³-hybridized carbons (Fsp3) is 0.0612. The van der Waals surface area contributed by atoms with E-state index in [1.807, 2.05) is 0 Å². The van der Waals surface area contributed by atoms with Gasteiger partial charge in [-0.05, 0) is 106 Å². The van der Waals surface area contributed by atoms with Crippen molar-refractivity contribution < 1.29 is 0 Å². The molecule has 0 heterocycles. The molecule has 0 radical (unpaired) electrons. The van der Waals surface area contributed by atoms with Crippen LogP contribution >= 0.6 is 0 Å². The molecule has 0 heteroatoms. The van der Waals surface area contributed by atoms with Crippen LogP contribution in [0.4, 0.5) is 0 Å². The summed E-state index contributed by atoms with van der Waals surface area (Å²) < 4.78 is 0. The van der Waals surface area contributed by atoms with Gasteiger partial charge in [0.2, 0.25) is 0 Å². The van der Waals surface area contributed by atoms with Gasteiger partial charge < -0.3 is 0 Å². The zero-order chi connectivity index (χ0) is 33.5. The Kier molecular flexibility index (Phi) is 7.58. The van der Waals surface area contributed by atoms with Crippen molar-refractivity contribution in [2.24, 2.45) is 0 Å². The third-order valence-electron chi connectivity index (χ3n) is 10.2. The Morgan fingerprint density at radius 2 is 0.878 bits per heavy atom. The van der Waals surface area contributed by atoms with Crippen molar-refractivity contribution in [3.8, 4) is 44.5 Å². The largest absolute Gasteiger partial charge is 0.0991 e. The highest BCUT2D eigenvalue weighted by Crippen LogP contribution is 2.50. The Balaban J connectivity index is 0.000000829. The van der Waals surface area contributed by atoms with Crippen molar-refractivity contribution in [1.29, 1.82) is 0 Å². The van der Waals surface area contributed by atoms with Gasteiger partial charge in [0, 0.05) is 5.41 Å². The van der Waals surface area contributed by atoms with E-state index in [0.717, 1.165) is 0 Å². The summed E-state index contributed by atoms with van der Waals surface area (Å²) in [4.78, 5) is 0. The maximum atomic E-state index is 3.36. The summed E-state index contributed by atoms with van der Waals surface area (Å²) in [6.45, 7) is 11.4. The number of hydrogen-bond donors (Lipinski definition) is 0. The lowest BCUT2D eigenvalue weighted by atomic mass is 9.81. The molecule has 0 amide bonds. The number of rotatable bonds is 4. The van der Waals surface area contributed by atoms with E-state index in [4.69, 9.17) is 0 Å². The summed E-state index contributed by atoms with van der Waals surface area (Å²) >= 11 is 0. The van der Waals surface area contributed by atoms with Crippen molar-refractivity contribution in [3.63, 3.8) is 0 Å². The van der Waals surface area contributed by atoms with Gasteiger partial charge in [0.25, 0.3) is 0 Å². The van der Waals surface area contributed by atoms with Gasteiger partial charge in [-0.3, -0.25) is 0 Å². The second-order valence-corrected chi connectivity index (χ2v) is 13.4. The van der Waals surface area contributed by atoms with Crippen LogP contribution in [0, 0.1) is 0 Å². The molecule has 0 unspecified atom stereocenters. The predicted molar refractivity (Wildman–Crippen MR) is 213 cm³/mol. The van der Waals surface area contributed by atoms with Gasteiger partial charge in [-0.25, -0.2) is 0 Å². The molecule has 0 spiro atoms. The Bertz CT molecular complexity index is 2500. The first kappa shape index (κ1) is 30.4. The van der Waals surface area contributed by atoms with Gasteiger partial charge in [-0.1, -0.05) is 179 Å². The van der Waals surface area contributed by atoms with E-state index in [2.05, 4.69) is 185 Å². The van der Waals surface area contributed by atoms with Crippen molar-refractivity contribution in [2.75, 3.05) is 0 Å². The first-order valence-electron chi connectivity index (χ1n) is 17.0. The van der Waals surface area contributed by atoms with Gasteiger partial charge >= 0.3 is 0 Å². The van der Waals surface area contributed by atoms with Crippen LogP contribution in [0.5, 0.6) is 0 Å². The molecule has 49 heavy (non-hydrogen) atoms. The summed E-state index contributed by atoms with van der Waals surface area (Å²) in [7, 11) is 0. The van der Waals surface area contributed by atoms with Crippen molar-refractivity contribution in [2.45, 2.75) is 19.3 Å². The minimum Gasteiger partial charge on any atom is -0.0991 e. The Morgan fingerprint density at radius 3 is 1.53 bits per heavy atom. The van der Waals surface area contributed by atoms with E-state index in [9.17, 15) is 0 Å². The van der Waals surface area contributed by atoms with E-state index in [0.29, 0.717) is 0 Å². The highest BCUT2D eigenvalue weighted by molar-refractivity contribution is 6.21. The van der Waals surface area contributed by atoms with Crippen LogP contribution < -0.4 is 0 Å². The molecule has 0 saturated heterocycles. The molecule has 1 aliphatic carbocycles. The Morgan fingerprint density at radius 1 is 0.388 bits per heavy atom. The lowest BCUT2D eigenvalue weighted by molar-refractivity contribution is 0.660. The molecule has 0 aliphatic heterocycles. The molecule has 9 rings (SSSR count). The van der Waals surface area contributed by atoms with Crippen LogP contribution in [-0.4, -0.2) is 0 Å². The number of benzene rings is 8. The summed E-state index contributed by atoms with van der Waals surface area (Å²) in [5, 5.41) is 7.65. The third kappa shape index (κ3) is 5.09. The molecule has 0 N–H and O–H groups in total. The van der Waals surface area contributed by atoms with Crippen molar-refractivity contribution in [3.05, 3.63) is 194 Å². The molecule has 0 bridgehead atoms. The SMILES string of the molecule is C=CC=C.CC1(C)c2ccccc2-c2ccc(-c3cccc(-c4c5ccccc5c(-c5ccc6ccccc6c5)c5ccccc45)c3)cc21. The van der Waals surface area contributed by atoms with Crippen LogP contribution in [0.2, 0.25) is 0 Å². The normalized spacial score (nSPS) is 12.6. The van der Waals surface area contributed by atoms with E-state index in [-0.39, 0.29) is 5.41 Å². The molecule has 0 aromatic heterocycles. The van der Waals surface area contributed by atoms with E-state index in [1.165, 1.54) is 88.0 Å². The number of fused-ring (bicyclic) bond motifs is 6. The second-order valence-electron chi connectivity index (χ2n) is 13.4. The lowest BCUT2D eigenvalue weighted by Gasteiger charge is -2.22. The Labute approximate surface area is 289 Å². The van der Waals surface area contributed by atoms with Crippen LogP contribution in [0.1, 0.15) is 25.0 Å². The molecule has 234 valence electrons. The molecule has 8 aromatic rings. The highest BCUT2D eigenvalue weighted by atomic mass is 14.4. The van der Waals surface area contributed by atoms with Gasteiger partial charge in [-0.2, -0.15) is 0 Å². The minimum absolute atomic E-state index is 0.0233. The Hall–Kier alpha value is -5.98. The summed E-state index contributed by atoms with van der Waals surface area (Å²) in [6, 6.07) is 58.4. The topological polar surface area (TPSA) is 0 Å². The summed E-state index contributed by atoms with van der Waals surface area (Å²) in [6.07, 6.45) is 3.28. The fourth-order valence-electron chi connectivity index (χ4n) is 7.83. The molecule has 1 aliphatic rings. The number of hydrogen-bond acceptors (Lipinski definition) is 0. The summed E-state index contributed by atoms with van der Waals surface area (Å²) in [5.74, 6) is 0. The van der Waals surface area contributed by atoms with E-state index in [1.54, 1.807) is 12.2 Å².